The molecule has 0 aliphatic heterocycles. The number of aryl methyl sites for hydroxylation is 1. The number of rotatable bonds is 2. The molecule has 0 spiro atoms. The molecule has 0 unspecified atom stereocenters. The van der Waals surface area contributed by atoms with Gasteiger partial charge in [0, 0.05) is 12.1 Å². The van der Waals surface area contributed by atoms with Gasteiger partial charge in [-0.25, -0.2) is 9.59 Å². The van der Waals surface area contributed by atoms with Gasteiger partial charge in [0.25, 0.3) is 5.69 Å². The van der Waals surface area contributed by atoms with Crippen molar-refractivity contribution in [2.24, 2.45) is 0 Å². The number of benzene rings is 1. The second-order valence-corrected chi connectivity index (χ2v) is 7.52. The molecule has 1 rings (SSSR count). The van der Waals surface area contributed by atoms with Gasteiger partial charge in [0.1, 0.15) is 11.2 Å². The highest BCUT2D eigenvalue weighted by atomic mass is 16.6. The van der Waals surface area contributed by atoms with E-state index in [-0.39, 0.29) is 11.4 Å². The summed E-state index contributed by atoms with van der Waals surface area (Å²) in [4.78, 5) is 36.1. The molecule has 0 atom stereocenters. The van der Waals surface area contributed by atoms with Gasteiger partial charge in [-0.2, -0.15) is 4.90 Å². The van der Waals surface area contributed by atoms with E-state index in [2.05, 4.69) is 0 Å². The first-order chi connectivity index (χ1) is 11.2. The van der Waals surface area contributed by atoms with Gasteiger partial charge < -0.3 is 9.47 Å². The highest BCUT2D eigenvalue weighted by molar-refractivity contribution is 6.10. The third-order valence-corrected chi connectivity index (χ3v) is 2.78. The summed E-state index contributed by atoms with van der Waals surface area (Å²) in [5.41, 5.74) is -1.27. The predicted molar refractivity (Wildman–Crippen MR) is 92.8 cm³/mol. The molecule has 8 nitrogen and oxygen atoms in total. The summed E-state index contributed by atoms with van der Waals surface area (Å²) in [7, 11) is 0. The van der Waals surface area contributed by atoms with Crippen molar-refractivity contribution in [3.8, 4) is 0 Å². The number of amides is 2. The normalized spacial score (nSPS) is 11.6. The fourth-order valence-corrected chi connectivity index (χ4v) is 1.89. The van der Waals surface area contributed by atoms with Crippen LogP contribution in [0.25, 0.3) is 0 Å². The minimum absolute atomic E-state index is 0.144. The van der Waals surface area contributed by atoms with Crippen LogP contribution in [0.4, 0.5) is 21.0 Å². The number of ether oxygens (including phenoxy) is 2. The second kappa shape index (κ2) is 7.08. The van der Waals surface area contributed by atoms with Crippen LogP contribution < -0.4 is 4.90 Å². The third kappa shape index (κ3) is 6.06. The van der Waals surface area contributed by atoms with E-state index in [0.717, 1.165) is 4.90 Å². The lowest BCUT2D eigenvalue weighted by molar-refractivity contribution is -0.384. The van der Waals surface area contributed by atoms with Gasteiger partial charge in [0.2, 0.25) is 0 Å². The summed E-state index contributed by atoms with van der Waals surface area (Å²) < 4.78 is 10.5. The molecular formula is C17H24N2O6. The summed E-state index contributed by atoms with van der Waals surface area (Å²) >= 11 is 0. The van der Waals surface area contributed by atoms with E-state index >= 15 is 0 Å². The molecule has 0 radical (unpaired) electrons. The van der Waals surface area contributed by atoms with E-state index < -0.39 is 28.3 Å². The van der Waals surface area contributed by atoms with Crippen LogP contribution in [0.1, 0.15) is 47.1 Å². The lowest BCUT2D eigenvalue weighted by Crippen LogP contribution is -2.44. The Labute approximate surface area is 146 Å². The van der Waals surface area contributed by atoms with Crippen LogP contribution in [-0.4, -0.2) is 28.3 Å². The van der Waals surface area contributed by atoms with Crippen LogP contribution in [0.3, 0.4) is 0 Å². The Morgan fingerprint density at radius 1 is 1.00 bits per heavy atom. The smallest absolute Gasteiger partial charge is 0.424 e. The number of carbonyl (C=O) groups excluding carboxylic acids is 2. The SMILES string of the molecule is Cc1cc([N+](=O)[O-])ccc1N(C(=O)OC(C)(C)C)C(=O)OC(C)(C)C. The molecule has 0 N–H and O–H groups in total. The summed E-state index contributed by atoms with van der Waals surface area (Å²) in [5, 5.41) is 10.9. The van der Waals surface area contributed by atoms with E-state index in [4.69, 9.17) is 9.47 Å². The number of carbonyl (C=O) groups is 2. The Bertz CT molecular complexity index is 657. The molecule has 8 heteroatoms. The van der Waals surface area contributed by atoms with Crippen LogP contribution in [-0.2, 0) is 9.47 Å². The molecule has 0 saturated carbocycles. The number of imide groups is 1. The molecule has 0 aliphatic rings. The van der Waals surface area contributed by atoms with Crippen LogP contribution in [0.15, 0.2) is 18.2 Å². The standard InChI is InChI=1S/C17H24N2O6/c1-11-10-12(19(22)23)8-9-13(11)18(14(20)24-16(2,3)4)15(21)25-17(5,6)7/h8-10H,1-7H3. The molecule has 0 aromatic heterocycles. The Balaban J connectivity index is 3.33. The fourth-order valence-electron chi connectivity index (χ4n) is 1.89. The molecule has 0 aliphatic carbocycles. The Hall–Kier alpha value is -2.64. The Kier molecular flexibility index (Phi) is 5.78. The third-order valence-electron chi connectivity index (χ3n) is 2.78. The molecule has 0 fully saturated rings. The summed E-state index contributed by atoms with van der Waals surface area (Å²) in [6.45, 7) is 11.6. The lowest BCUT2D eigenvalue weighted by Gasteiger charge is -2.29. The second-order valence-electron chi connectivity index (χ2n) is 7.52. The largest absolute Gasteiger partial charge is 0.443 e. The van der Waals surface area contributed by atoms with Gasteiger partial charge in [-0.1, -0.05) is 0 Å². The minimum Gasteiger partial charge on any atom is -0.443 e. The van der Waals surface area contributed by atoms with Crippen molar-refractivity contribution in [3.05, 3.63) is 33.9 Å². The average molecular weight is 352 g/mol. The quantitative estimate of drug-likeness (QED) is 0.570. The molecule has 0 heterocycles. The summed E-state index contributed by atoms with van der Waals surface area (Å²) in [6, 6.07) is 3.81. The van der Waals surface area contributed by atoms with Gasteiger partial charge in [0.05, 0.1) is 10.6 Å². The van der Waals surface area contributed by atoms with Crippen molar-refractivity contribution in [3.63, 3.8) is 0 Å². The average Bonchev–Trinajstić information content (AvgIpc) is 2.36. The first kappa shape index (κ1) is 20.4. The zero-order valence-corrected chi connectivity index (χ0v) is 15.6. The summed E-state index contributed by atoms with van der Waals surface area (Å²) in [6.07, 6.45) is -1.84. The number of nitrogens with zero attached hydrogens (tertiary/aromatic N) is 2. The maximum absolute atomic E-state index is 12.5. The molecular weight excluding hydrogens is 328 g/mol. The molecule has 1 aromatic rings. The first-order valence-corrected chi connectivity index (χ1v) is 7.72. The number of nitro groups is 1. The van der Waals surface area contributed by atoms with E-state index in [0.29, 0.717) is 5.56 Å². The van der Waals surface area contributed by atoms with Crippen molar-refractivity contribution >= 4 is 23.6 Å². The van der Waals surface area contributed by atoms with Gasteiger partial charge in [-0.05, 0) is 60.1 Å². The highest BCUT2D eigenvalue weighted by Gasteiger charge is 2.33. The lowest BCUT2D eigenvalue weighted by atomic mass is 10.1. The Morgan fingerprint density at radius 3 is 1.76 bits per heavy atom. The number of anilines is 1. The van der Waals surface area contributed by atoms with Crippen molar-refractivity contribution in [2.75, 3.05) is 4.90 Å². The zero-order valence-electron chi connectivity index (χ0n) is 15.6. The maximum atomic E-state index is 12.5. The van der Waals surface area contributed by atoms with Crippen LogP contribution in [0, 0.1) is 17.0 Å². The van der Waals surface area contributed by atoms with Gasteiger partial charge >= 0.3 is 12.2 Å². The molecule has 25 heavy (non-hydrogen) atoms. The van der Waals surface area contributed by atoms with Crippen LogP contribution in [0.5, 0.6) is 0 Å². The van der Waals surface area contributed by atoms with E-state index in [1.807, 2.05) is 0 Å². The monoisotopic (exact) mass is 352 g/mol. The highest BCUT2D eigenvalue weighted by Crippen LogP contribution is 2.28. The number of non-ortho nitro benzene ring substituents is 1. The number of nitro benzene ring substituents is 1. The van der Waals surface area contributed by atoms with Crippen molar-refractivity contribution in [2.45, 2.75) is 59.7 Å². The first-order valence-electron chi connectivity index (χ1n) is 7.72. The van der Waals surface area contributed by atoms with Crippen LogP contribution >= 0.6 is 0 Å². The molecule has 1 aromatic carbocycles. The topological polar surface area (TPSA) is 99.0 Å². The number of hydrogen-bond donors (Lipinski definition) is 0. The van der Waals surface area contributed by atoms with Crippen LogP contribution in [0.2, 0.25) is 0 Å². The minimum atomic E-state index is -0.918. The van der Waals surface area contributed by atoms with E-state index in [1.54, 1.807) is 48.5 Å². The van der Waals surface area contributed by atoms with Crippen molar-refractivity contribution in [1.29, 1.82) is 0 Å². The predicted octanol–water partition coefficient (Wildman–Crippen LogP) is 4.58. The zero-order chi connectivity index (χ0) is 19.6. The van der Waals surface area contributed by atoms with Crippen molar-refractivity contribution < 1.29 is 24.0 Å². The van der Waals surface area contributed by atoms with Gasteiger partial charge in [-0.15, -0.1) is 0 Å². The Morgan fingerprint density at radius 2 is 1.44 bits per heavy atom. The summed E-state index contributed by atoms with van der Waals surface area (Å²) in [5.74, 6) is 0. The molecule has 0 saturated heterocycles. The van der Waals surface area contributed by atoms with Gasteiger partial charge in [-0.3, -0.25) is 10.1 Å². The van der Waals surface area contributed by atoms with E-state index in [9.17, 15) is 19.7 Å². The molecule has 0 bridgehead atoms. The van der Waals surface area contributed by atoms with Crippen molar-refractivity contribution in [1.82, 2.24) is 0 Å². The van der Waals surface area contributed by atoms with Gasteiger partial charge in [0.15, 0.2) is 0 Å². The maximum Gasteiger partial charge on any atom is 0.424 e. The number of hydrogen-bond acceptors (Lipinski definition) is 6. The molecule has 138 valence electrons. The van der Waals surface area contributed by atoms with E-state index in [1.165, 1.54) is 18.2 Å². The molecule has 2 amide bonds. The fraction of sp³-hybridized carbons (Fsp3) is 0.529.